The molecule has 0 saturated carbocycles. The van der Waals surface area contributed by atoms with Crippen LogP contribution in [-0.2, 0) is 9.84 Å². The van der Waals surface area contributed by atoms with E-state index in [-0.39, 0.29) is 29.6 Å². The van der Waals surface area contributed by atoms with E-state index >= 15 is 0 Å². The number of primary amides is 1. The Balaban J connectivity index is 1.66. The first kappa shape index (κ1) is 22.9. The summed E-state index contributed by atoms with van der Waals surface area (Å²) in [6, 6.07) is 4.57. The van der Waals surface area contributed by atoms with E-state index in [0.29, 0.717) is 6.54 Å². The summed E-state index contributed by atoms with van der Waals surface area (Å²) in [5, 5.41) is 14.4. The zero-order chi connectivity index (χ0) is 23.8. The van der Waals surface area contributed by atoms with Crippen molar-refractivity contribution in [1.29, 1.82) is 0 Å². The molecule has 12 nitrogen and oxygen atoms in total. The van der Waals surface area contributed by atoms with Crippen molar-refractivity contribution in [3.05, 3.63) is 46.1 Å². The second-order valence-corrected chi connectivity index (χ2v) is 9.92. The van der Waals surface area contributed by atoms with Crippen LogP contribution in [0, 0.1) is 10.1 Å². The number of rotatable bonds is 6. The number of sulfone groups is 1. The van der Waals surface area contributed by atoms with Crippen LogP contribution in [-0.4, -0.2) is 86.5 Å². The van der Waals surface area contributed by atoms with Crippen molar-refractivity contribution in [2.75, 3.05) is 51.7 Å². The van der Waals surface area contributed by atoms with Crippen molar-refractivity contribution in [3.8, 4) is 5.75 Å². The van der Waals surface area contributed by atoms with E-state index < -0.39 is 36.3 Å². The molecule has 13 heteroatoms. The third-order valence-electron chi connectivity index (χ3n) is 5.72. The number of benzene rings is 1. The van der Waals surface area contributed by atoms with Gasteiger partial charge in [-0.2, -0.15) is 0 Å². The minimum absolute atomic E-state index is 0.0500. The number of nitrogens with zero attached hydrogens (tertiary/aromatic N) is 4. The van der Waals surface area contributed by atoms with Gasteiger partial charge in [0.25, 0.3) is 11.6 Å². The lowest BCUT2D eigenvalue weighted by molar-refractivity contribution is -0.384. The Hall–Kier alpha value is -3.29. The molecule has 0 spiro atoms. The topological polar surface area (TPSA) is 161 Å². The first-order chi connectivity index (χ1) is 15.7. The molecule has 2 aromatic rings. The molecular formula is C20H24N6O6S. The van der Waals surface area contributed by atoms with Gasteiger partial charge < -0.3 is 20.7 Å². The summed E-state index contributed by atoms with van der Waals surface area (Å²) in [7, 11) is -2.33. The van der Waals surface area contributed by atoms with E-state index in [1.807, 2.05) is 0 Å². The van der Waals surface area contributed by atoms with Gasteiger partial charge in [0.15, 0.2) is 16.5 Å². The van der Waals surface area contributed by atoms with Gasteiger partial charge in [-0.3, -0.25) is 19.8 Å². The van der Waals surface area contributed by atoms with Gasteiger partial charge in [0.1, 0.15) is 6.61 Å². The number of amides is 1. The van der Waals surface area contributed by atoms with E-state index in [2.05, 4.69) is 27.1 Å². The van der Waals surface area contributed by atoms with Crippen molar-refractivity contribution in [1.82, 2.24) is 14.8 Å². The summed E-state index contributed by atoms with van der Waals surface area (Å²) in [4.78, 5) is 30.7. The van der Waals surface area contributed by atoms with Gasteiger partial charge in [-0.15, -0.1) is 0 Å². The molecule has 0 unspecified atom stereocenters. The minimum atomic E-state index is -4.38. The van der Waals surface area contributed by atoms with Crippen molar-refractivity contribution >= 4 is 27.1 Å². The smallest absolute Gasteiger partial charge is 0.297 e. The van der Waals surface area contributed by atoms with Gasteiger partial charge in [0.2, 0.25) is 9.84 Å². The highest BCUT2D eigenvalue weighted by molar-refractivity contribution is 7.91. The maximum atomic E-state index is 13.2. The highest BCUT2D eigenvalue weighted by Crippen LogP contribution is 2.41. The van der Waals surface area contributed by atoms with E-state index in [0.717, 1.165) is 32.2 Å². The number of nitrogens with one attached hydrogen (secondary N) is 1. The van der Waals surface area contributed by atoms with Crippen molar-refractivity contribution < 1.29 is 22.9 Å². The fourth-order valence-electron chi connectivity index (χ4n) is 3.91. The molecule has 0 radical (unpaired) electrons. The summed E-state index contributed by atoms with van der Waals surface area (Å²) in [6.45, 7) is 4.50. The number of hydrogen-bond donors (Lipinski definition) is 2. The van der Waals surface area contributed by atoms with Gasteiger partial charge >= 0.3 is 0 Å². The van der Waals surface area contributed by atoms with Crippen LogP contribution < -0.4 is 15.8 Å². The van der Waals surface area contributed by atoms with Crippen molar-refractivity contribution in [2.45, 2.75) is 16.0 Å². The maximum absolute atomic E-state index is 13.2. The monoisotopic (exact) mass is 476 g/mol. The number of pyridine rings is 1. The van der Waals surface area contributed by atoms with Crippen molar-refractivity contribution in [3.63, 3.8) is 0 Å². The van der Waals surface area contributed by atoms with Gasteiger partial charge in [-0.05, 0) is 19.2 Å². The van der Waals surface area contributed by atoms with Crippen LogP contribution in [0.3, 0.4) is 0 Å². The molecule has 0 aliphatic carbocycles. The number of aromatic nitrogens is 1. The Kier molecular flexibility index (Phi) is 6.19. The molecule has 33 heavy (non-hydrogen) atoms. The lowest BCUT2D eigenvalue weighted by Crippen LogP contribution is -2.50. The number of nitro groups is 1. The first-order valence-electron chi connectivity index (χ1n) is 10.3. The molecule has 1 fully saturated rings. The number of nitro benzene ring substituents is 1. The molecule has 2 aliphatic rings. The number of piperazine rings is 1. The van der Waals surface area contributed by atoms with Crippen LogP contribution in [0.15, 0.2) is 40.4 Å². The van der Waals surface area contributed by atoms with Gasteiger partial charge in [-0.1, -0.05) is 0 Å². The van der Waals surface area contributed by atoms with Crippen LogP contribution in [0.5, 0.6) is 5.75 Å². The molecule has 176 valence electrons. The Bertz CT molecular complexity index is 1200. The maximum Gasteiger partial charge on any atom is 0.297 e. The fourth-order valence-corrected chi connectivity index (χ4v) is 5.32. The average Bonchev–Trinajstić information content (AvgIpc) is 2.79. The Morgan fingerprint density at radius 3 is 2.73 bits per heavy atom. The number of ether oxygens (including phenoxy) is 1. The van der Waals surface area contributed by atoms with Gasteiger partial charge in [-0.25, -0.2) is 13.4 Å². The van der Waals surface area contributed by atoms with Gasteiger partial charge in [0, 0.05) is 51.1 Å². The van der Waals surface area contributed by atoms with Crippen LogP contribution in [0.1, 0.15) is 10.4 Å². The van der Waals surface area contributed by atoms with Crippen molar-refractivity contribution in [2.24, 2.45) is 5.73 Å². The largest absolute Gasteiger partial charge is 0.489 e. The molecule has 1 aromatic carbocycles. The number of likely N-dealkylation sites (N-methyl/N-ethyl adjacent to an activating group) is 1. The number of fused-ring (bicyclic) bond motifs is 1. The van der Waals surface area contributed by atoms with Crippen LogP contribution in [0.2, 0.25) is 0 Å². The first-order valence-corrected chi connectivity index (χ1v) is 11.8. The lowest BCUT2D eigenvalue weighted by Gasteiger charge is -2.36. The zero-order valence-electron chi connectivity index (χ0n) is 17.9. The third-order valence-corrected chi connectivity index (χ3v) is 7.41. The summed E-state index contributed by atoms with van der Waals surface area (Å²) < 4.78 is 32.1. The summed E-state index contributed by atoms with van der Waals surface area (Å²) in [6.07, 6.45) is 1.20. The number of hydrogen-bond acceptors (Lipinski definition) is 10. The van der Waals surface area contributed by atoms with Crippen LogP contribution >= 0.6 is 0 Å². The predicted octanol–water partition coefficient (Wildman–Crippen LogP) is 0.342. The van der Waals surface area contributed by atoms with Crippen LogP contribution in [0.4, 0.5) is 11.4 Å². The number of anilines is 1. The van der Waals surface area contributed by atoms with E-state index in [1.54, 1.807) is 0 Å². The standard InChI is InChI=1S/C20H24N6O6S/c1-24-5-7-25(8-6-24)11-13-12-32-17-10-14(9-16(26(28)29)18(17)23-13)33(30,31)20-15(19(21)27)3-2-4-22-20/h2-4,9-10,13,23H,5-8,11-12H2,1H3,(H2,21,27)/t13-/m0/s1. The number of carbonyl (C=O) groups excluding carboxylic acids is 1. The average molecular weight is 477 g/mol. The fraction of sp³-hybridized carbons (Fsp3) is 0.400. The molecule has 3 heterocycles. The van der Waals surface area contributed by atoms with E-state index in [1.165, 1.54) is 24.4 Å². The lowest BCUT2D eigenvalue weighted by atomic mass is 10.1. The Morgan fingerprint density at radius 1 is 1.33 bits per heavy atom. The van der Waals surface area contributed by atoms with E-state index in [9.17, 15) is 23.3 Å². The minimum Gasteiger partial charge on any atom is -0.489 e. The summed E-state index contributed by atoms with van der Waals surface area (Å²) >= 11 is 0. The highest BCUT2D eigenvalue weighted by Gasteiger charge is 2.34. The molecule has 4 rings (SSSR count). The molecule has 1 saturated heterocycles. The zero-order valence-corrected chi connectivity index (χ0v) is 18.7. The Labute approximate surface area is 190 Å². The number of nitrogens with two attached hydrogens (primary N) is 1. The van der Waals surface area contributed by atoms with E-state index in [4.69, 9.17) is 10.5 Å². The third kappa shape index (κ3) is 4.60. The highest BCUT2D eigenvalue weighted by atomic mass is 32.2. The number of carbonyl (C=O) groups is 1. The molecule has 2 aliphatic heterocycles. The summed E-state index contributed by atoms with van der Waals surface area (Å²) in [5.74, 6) is -0.923. The molecule has 1 aromatic heterocycles. The molecule has 0 bridgehead atoms. The quantitative estimate of drug-likeness (QED) is 0.439. The SMILES string of the molecule is CN1CCN(C[C@H]2COc3cc(S(=O)(=O)c4ncccc4C(N)=O)cc([N+](=O)[O-])c3N2)CC1. The summed E-state index contributed by atoms with van der Waals surface area (Å²) in [5.41, 5.74) is 4.67. The molecule has 1 atom stereocenters. The molecule has 1 amide bonds. The molecular weight excluding hydrogens is 452 g/mol. The second kappa shape index (κ2) is 8.92. The Morgan fingerprint density at radius 2 is 2.06 bits per heavy atom. The van der Waals surface area contributed by atoms with Gasteiger partial charge in [0.05, 0.1) is 21.4 Å². The van der Waals surface area contributed by atoms with Crippen LogP contribution in [0.25, 0.3) is 0 Å². The predicted molar refractivity (Wildman–Crippen MR) is 118 cm³/mol. The second-order valence-electron chi connectivity index (χ2n) is 8.05. The normalized spacial score (nSPS) is 19.2. The molecule has 3 N–H and O–H groups in total.